The first-order chi connectivity index (χ1) is 8.83. The predicted molar refractivity (Wildman–Crippen MR) is 73.5 cm³/mol. The van der Waals surface area contributed by atoms with Gasteiger partial charge in [-0.3, -0.25) is 0 Å². The Labute approximate surface area is 115 Å². The van der Waals surface area contributed by atoms with E-state index in [2.05, 4.69) is 27.4 Å². The van der Waals surface area contributed by atoms with Gasteiger partial charge in [0.25, 0.3) is 0 Å². The molecule has 2 bridgehead atoms. The highest BCUT2D eigenvalue weighted by Crippen LogP contribution is 2.66. The summed E-state index contributed by atoms with van der Waals surface area (Å²) in [6.45, 7) is 10.5. The third kappa shape index (κ3) is 2.13. The number of carbonyl (C=O) groups is 2. The van der Waals surface area contributed by atoms with E-state index in [9.17, 15) is 9.59 Å². The molecule has 0 aromatic carbocycles. The van der Waals surface area contributed by atoms with E-state index in [1.165, 1.54) is 6.42 Å². The molecule has 0 amide bonds. The van der Waals surface area contributed by atoms with Crippen LogP contribution < -0.4 is 0 Å². The number of hydrogen-bond acceptors (Lipinski definition) is 3. The zero-order chi connectivity index (χ0) is 14.3. The summed E-state index contributed by atoms with van der Waals surface area (Å²) in [5.41, 5.74) is 0.733. The van der Waals surface area contributed by atoms with Gasteiger partial charge in [-0.2, -0.15) is 0 Å². The number of esters is 1. The van der Waals surface area contributed by atoms with Gasteiger partial charge in [-0.1, -0.05) is 27.4 Å². The van der Waals surface area contributed by atoms with Gasteiger partial charge in [0.15, 0.2) is 0 Å². The molecule has 0 radical (unpaired) electrons. The molecule has 0 heterocycles. The molecule has 2 fully saturated rings. The summed E-state index contributed by atoms with van der Waals surface area (Å²) in [4.78, 5) is 22.3. The van der Waals surface area contributed by atoms with Gasteiger partial charge < -0.3 is 9.53 Å². The first-order valence-electron chi connectivity index (χ1n) is 7.15. The van der Waals surface area contributed by atoms with Crippen LogP contribution in [0.4, 0.5) is 0 Å². The molecule has 3 atom stereocenters. The van der Waals surface area contributed by atoms with Crippen molar-refractivity contribution >= 4 is 12.3 Å². The third-order valence-electron chi connectivity index (χ3n) is 5.82. The second-order valence-electron chi connectivity index (χ2n) is 6.81. The van der Waals surface area contributed by atoms with Crippen molar-refractivity contribution in [2.24, 2.45) is 16.7 Å². The molecule has 2 aliphatic rings. The predicted octanol–water partition coefficient (Wildman–Crippen LogP) is 3.28. The van der Waals surface area contributed by atoms with Crippen LogP contribution in [-0.2, 0) is 14.3 Å². The molecule has 3 unspecified atom stereocenters. The highest BCUT2D eigenvalue weighted by molar-refractivity contribution is 5.88. The van der Waals surface area contributed by atoms with Crippen molar-refractivity contribution in [3.63, 3.8) is 0 Å². The fraction of sp³-hybridized carbons (Fsp3) is 0.750. The lowest BCUT2D eigenvalue weighted by Gasteiger charge is -2.38. The molecule has 0 N–H and O–H groups in total. The fourth-order valence-electron chi connectivity index (χ4n) is 3.86. The van der Waals surface area contributed by atoms with Crippen LogP contribution in [0.3, 0.4) is 0 Å². The Morgan fingerprint density at radius 1 is 1.42 bits per heavy atom. The van der Waals surface area contributed by atoms with E-state index >= 15 is 0 Å². The van der Waals surface area contributed by atoms with E-state index in [0.717, 1.165) is 19.1 Å². The molecule has 0 aromatic heterocycles. The van der Waals surface area contributed by atoms with E-state index in [1.54, 1.807) is 0 Å². The quantitative estimate of drug-likeness (QED) is 0.435. The summed E-state index contributed by atoms with van der Waals surface area (Å²) in [6, 6.07) is 0. The van der Waals surface area contributed by atoms with Gasteiger partial charge >= 0.3 is 5.97 Å². The first kappa shape index (κ1) is 14.3. The van der Waals surface area contributed by atoms with Crippen molar-refractivity contribution < 1.29 is 14.3 Å². The number of aldehydes is 1. The standard InChI is InChI=1S/C16H24O3/c1-11(6-5-9-17)14(18)19-13-10-12-7-8-16(13,4)15(12,2)3/h9,12-13H,1,5-8,10H2,2-4H3. The number of carbonyl (C=O) groups excluding carboxylic acids is 2. The fourth-order valence-corrected chi connectivity index (χ4v) is 3.86. The van der Waals surface area contributed by atoms with E-state index < -0.39 is 0 Å². The van der Waals surface area contributed by atoms with E-state index in [4.69, 9.17) is 4.74 Å². The van der Waals surface area contributed by atoms with Crippen LogP contribution in [0.2, 0.25) is 0 Å². The van der Waals surface area contributed by atoms with Crippen molar-refractivity contribution in [2.45, 2.75) is 59.0 Å². The Morgan fingerprint density at radius 2 is 2.11 bits per heavy atom. The lowest BCUT2D eigenvalue weighted by Crippen LogP contribution is -2.38. The van der Waals surface area contributed by atoms with Crippen LogP contribution in [0.1, 0.15) is 52.9 Å². The monoisotopic (exact) mass is 264 g/mol. The van der Waals surface area contributed by atoms with Crippen molar-refractivity contribution in [3.8, 4) is 0 Å². The minimum atomic E-state index is -0.323. The van der Waals surface area contributed by atoms with Crippen LogP contribution in [0.5, 0.6) is 0 Å². The third-order valence-corrected chi connectivity index (χ3v) is 5.82. The minimum absolute atomic E-state index is 0.00160. The Morgan fingerprint density at radius 3 is 2.58 bits per heavy atom. The lowest BCUT2D eigenvalue weighted by atomic mass is 9.70. The summed E-state index contributed by atoms with van der Waals surface area (Å²) >= 11 is 0. The molecular formula is C16H24O3. The van der Waals surface area contributed by atoms with Crippen molar-refractivity contribution in [2.75, 3.05) is 0 Å². The lowest BCUT2D eigenvalue weighted by molar-refractivity contribution is -0.152. The summed E-state index contributed by atoms with van der Waals surface area (Å²) in [7, 11) is 0. The summed E-state index contributed by atoms with van der Waals surface area (Å²) in [5.74, 6) is 0.329. The molecule has 0 aromatic rings. The average molecular weight is 264 g/mol. The molecule has 2 saturated carbocycles. The summed E-state index contributed by atoms with van der Waals surface area (Å²) in [6.07, 6.45) is 4.88. The maximum atomic E-state index is 12.0. The van der Waals surface area contributed by atoms with E-state index in [0.29, 0.717) is 24.3 Å². The Bertz CT molecular complexity index is 410. The van der Waals surface area contributed by atoms with Crippen LogP contribution in [0.25, 0.3) is 0 Å². The highest BCUT2D eigenvalue weighted by Gasteiger charge is 2.62. The second kappa shape index (κ2) is 4.77. The molecule has 0 saturated heterocycles. The number of ether oxygens (including phenoxy) is 1. The van der Waals surface area contributed by atoms with Crippen molar-refractivity contribution in [1.82, 2.24) is 0 Å². The van der Waals surface area contributed by atoms with Gasteiger partial charge in [0.05, 0.1) is 0 Å². The van der Waals surface area contributed by atoms with Gasteiger partial charge in [0.1, 0.15) is 12.4 Å². The second-order valence-corrected chi connectivity index (χ2v) is 6.81. The Kier molecular flexibility index (Phi) is 3.59. The number of fused-ring (bicyclic) bond motifs is 2. The van der Waals surface area contributed by atoms with Gasteiger partial charge in [-0.25, -0.2) is 4.79 Å². The minimum Gasteiger partial charge on any atom is -0.458 e. The number of rotatable bonds is 5. The number of hydrogen-bond donors (Lipinski definition) is 0. The Balaban J connectivity index is 2.00. The van der Waals surface area contributed by atoms with Crippen LogP contribution in [-0.4, -0.2) is 18.4 Å². The van der Waals surface area contributed by atoms with E-state index in [-0.39, 0.29) is 22.9 Å². The summed E-state index contributed by atoms with van der Waals surface area (Å²) in [5, 5.41) is 0. The largest absolute Gasteiger partial charge is 0.458 e. The maximum Gasteiger partial charge on any atom is 0.333 e. The molecule has 106 valence electrons. The van der Waals surface area contributed by atoms with Crippen LogP contribution in [0, 0.1) is 16.7 Å². The molecule has 19 heavy (non-hydrogen) atoms. The van der Waals surface area contributed by atoms with Gasteiger partial charge in [-0.05, 0) is 37.0 Å². The average Bonchev–Trinajstić information content (AvgIpc) is 2.68. The smallest absolute Gasteiger partial charge is 0.333 e. The zero-order valence-corrected chi connectivity index (χ0v) is 12.2. The molecule has 2 rings (SSSR count). The van der Waals surface area contributed by atoms with Gasteiger partial charge in [-0.15, -0.1) is 0 Å². The van der Waals surface area contributed by atoms with Gasteiger partial charge in [0, 0.05) is 17.4 Å². The van der Waals surface area contributed by atoms with Crippen molar-refractivity contribution in [1.29, 1.82) is 0 Å². The topological polar surface area (TPSA) is 43.4 Å². The SMILES string of the molecule is C=C(CCC=O)C(=O)OC1CC2CCC1(C)C2(C)C. The van der Waals surface area contributed by atoms with Gasteiger partial charge in [0.2, 0.25) is 0 Å². The highest BCUT2D eigenvalue weighted by atomic mass is 16.5. The first-order valence-corrected chi connectivity index (χ1v) is 7.15. The zero-order valence-electron chi connectivity index (χ0n) is 12.2. The molecule has 3 heteroatoms. The molecule has 3 nitrogen and oxygen atoms in total. The van der Waals surface area contributed by atoms with E-state index in [1.807, 2.05) is 0 Å². The van der Waals surface area contributed by atoms with Crippen LogP contribution in [0.15, 0.2) is 12.2 Å². The molecule has 0 spiro atoms. The normalized spacial score (nSPS) is 35.1. The summed E-state index contributed by atoms with van der Waals surface area (Å²) < 4.78 is 5.69. The Hall–Kier alpha value is -1.12. The molecule has 0 aliphatic heterocycles. The van der Waals surface area contributed by atoms with Crippen molar-refractivity contribution in [3.05, 3.63) is 12.2 Å². The maximum absolute atomic E-state index is 12.0. The molecule has 2 aliphatic carbocycles. The molecular weight excluding hydrogens is 240 g/mol. The van der Waals surface area contributed by atoms with Crippen LogP contribution >= 0.6 is 0 Å².